The number of hydrogen-bond donors (Lipinski definition) is 0. The molecule has 1 rings (SSSR count). The van der Waals surface area contributed by atoms with Gasteiger partial charge in [-0.1, -0.05) is 36.5 Å². The summed E-state index contributed by atoms with van der Waals surface area (Å²) < 4.78 is 6.75. The topological polar surface area (TPSA) is 44.1 Å². The Morgan fingerprint density at radius 1 is 1.44 bits per heavy atom. The fourth-order valence-corrected chi connectivity index (χ4v) is 1.60. The van der Waals surface area contributed by atoms with Crippen LogP contribution in [0, 0.1) is 0 Å². The third-order valence-electron chi connectivity index (χ3n) is 2.02. The van der Waals surface area contributed by atoms with Crippen LogP contribution in [-0.2, 0) is 11.3 Å². The van der Waals surface area contributed by atoms with E-state index >= 15 is 0 Å². The first-order chi connectivity index (χ1) is 7.65. The van der Waals surface area contributed by atoms with Gasteiger partial charge in [-0.15, -0.1) is 0 Å². The number of unbranched alkanes of at least 4 members (excludes halogenated alkanes) is 1. The van der Waals surface area contributed by atoms with Crippen LogP contribution in [0.1, 0.15) is 19.8 Å². The molecular weight excluding hydrogens is 251 g/mol. The molecule has 0 saturated heterocycles. The highest BCUT2D eigenvalue weighted by atomic mass is 35.5. The van der Waals surface area contributed by atoms with Crippen LogP contribution in [0.25, 0.3) is 0 Å². The van der Waals surface area contributed by atoms with Crippen molar-refractivity contribution in [3.8, 4) is 0 Å². The SMILES string of the molecule is CCCCOCCn1cc(Cl)nc(Cl)c1=O. The van der Waals surface area contributed by atoms with E-state index in [2.05, 4.69) is 11.9 Å². The van der Waals surface area contributed by atoms with E-state index < -0.39 is 0 Å². The molecule has 16 heavy (non-hydrogen) atoms. The second-order valence-corrected chi connectivity index (χ2v) is 4.06. The molecular formula is C10H14Cl2N2O2. The van der Waals surface area contributed by atoms with Crippen molar-refractivity contribution in [3.05, 3.63) is 26.9 Å². The number of nitrogens with zero attached hydrogens (tertiary/aromatic N) is 2. The molecule has 1 aromatic rings. The second kappa shape index (κ2) is 6.89. The summed E-state index contributed by atoms with van der Waals surface area (Å²) in [6, 6.07) is 0. The summed E-state index contributed by atoms with van der Waals surface area (Å²) in [6.07, 6.45) is 3.57. The van der Waals surface area contributed by atoms with E-state index in [0.717, 1.165) is 12.8 Å². The molecule has 0 aliphatic carbocycles. The van der Waals surface area contributed by atoms with E-state index in [9.17, 15) is 4.79 Å². The summed E-state index contributed by atoms with van der Waals surface area (Å²) >= 11 is 11.3. The molecule has 0 radical (unpaired) electrons. The lowest BCUT2D eigenvalue weighted by atomic mass is 10.4. The van der Waals surface area contributed by atoms with Gasteiger partial charge in [-0.3, -0.25) is 4.79 Å². The Balaban J connectivity index is 2.51. The molecule has 0 saturated carbocycles. The molecule has 0 fully saturated rings. The molecule has 0 aromatic carbocycles. The van der Waals surface area contributed by atoms with Crippen molar-refractivity contribution in [1.82, 2.24) is 9.55 Å². The fraction of sp³-hybridized carbons (Fsp3) is 0.600. The van der Waals surface area contributed by atoms with E-state index in [-0.39, 0.29) is 15.9 Å². The Morgan fingerprint density at radius 2 is 2.19 bits per heavy atom. The zero-order valence-electron chi connectivity index (χ0n) is 9.08. The molecule has 90 valence electrons. The quantitative estimate of drug-likeness (QED) is 0.742. The Morgan fingerprint density at radius 3 is 2.88 bits per heavy atom. The van der Waals surface area contributed by atoms with Crippen molar-refractivity contribution in [2.24, 2.45) is 0 Å². The number of halogens is 2. The molecule has 0 atom stereocenters. The summed E-state index contributed by atoms with van der Waals surface area (Å²) in [6.45, 7) is 3.70. The minimum atomic E-state index is -0.342. The Labute approximate surface area is 104 Å². The van der Waals surface area contributed by atoms with Crippen LogP contribution in [0.15, 0.2) is 11.0 Å². The van der Waals surface area contributed by atoms with E-state index in [4.69, 9.17) is 27.9 Å². The number of aromatic nitrogens is 2. The Kier molecular flexibility index (Phi) is 5.80. The summed E-state index contributed by atoms with van der Waals surface area (Å²) in [5.74, 6) is 0. The van der Waals surface area contributed by atoms with Gasteiger partial charge in [0.2, 0.25) is 0 Å². The van der Waals surface area contributed by atoms with Gasteiger partial charge in [-0.25, -0.2) is 4.98 Å². The highest BCUT2D eigenvalue weighted by Crippen LogP contribution is 2.05. The average Bonchev–Trinajstić information content (AvgIpc) is 2.24. The Bertz CT molecular complexity index is 393. The monoisotopic (exact) mass is 264 g/mol. The van der Waals surface area contributed by atoms with Crippen LogP contribution in [0.2, 0.25) is 10.3 Å². The molecule has 0 unspecified atom stereocenters. The van der Waals surface area contributed by atoms with Gasteiger partial charge in [0.25, 0.3) is 5.56 Å². The van der Waals surface area contributed by atoms with Crippen LogP contribution >= 0.6 is 23.2 Å². The largest absolute Gasteiger partial charge is 0.380 e. The van der Waals surface area contributed by atoms with Crippen molar-refractivity contribution in [2.45, 2.75) is 26.3 Å². The molecule has 0 aliphatic rings. The highest BCUT2D eigenvalue weighted by Gasteiger charge is 2.04. The maximum Gasteiger partial charge on any atom is 0.288 e. The van der Waals surface area contributed by atoms with Gasteiger partial charge < -0.3 is 9.30 Å². The summed E-state index contributed by atoms with van der Waals surface area (Å²) in [5, 5.41) is 0.0965. The van der Waals surface area contributed by atoms with Crippen molar-refractivity contribution >= 4 is 23.2 Å². The number of rotatable bonds is 6. The number of hydrogen-bond acceptors (Lipinski definition) is 3. The van der Waals surface area contributed by atoms with Crippen molar-refractivity contribution < 1.29 is 4.74 Å². The summed E-state index contributed by atoms with van der Waals surface area (Å²) in [5.41, 5.74) is -0.342. The summed E-state index contributed by atoms with van der Waals surface area (Å²) in [7, 11) is 0. The first-order valence-electron chi connectivity index (χ1n) is 5.15. The zero-order chi connectivity index (χ0) is 12.0. The van der Waals surface area contributed by atoms with Crippen molar-refractivity contribution in [3.63, 3.8) is 0 Å². The predicted molar refractivity (Wildman–Crippen MR) is 64.2 cm³/mol. The Hall–Kier alpha value is -0.580. The lowest BCUT2D eigenvalue weighted by Crippen LogP contribution is -2.23. The van der Waals surface area contributed by atoms with Gasteiger partial charge >= 0.3 is 0 Å². The normalized spacial score (nSPS) is 10.7. The van der Waals surface area contributed by atoms with Crippen molar-refractivity contribution in [1.29, 1.82) is 0 Å². The first-order valence-corrected chi connectivity index (χ1v) is 5.91. The highest BCUT2D eigenvalue weighted by molar-refractivity contribution is 6.32. The second-order valence-electron chi connectivity index (χ2n) is 3.32. The fourth-order valence-electron chi connectivity index (χ4n) is 1.15. The van der Waals surface area contributed by atoms with Gasteiger partial charge in [0.05, 0.1) is 6.61 Å². The van der Waals surface area contributed by atoms with E-state index in [0.29, 0.717) is 19.8 Å². The minimum Gasteiger partial charge on any atom is -0.380 e. The van der Waals surface area contributed by atoms with E-state index in [1.54, 1.807) is 0 Å². The molecule has 6 heteroatoms. The molecule has 0 N–H and O–H groups in total. The zero-order valence-corrected chi connectivity index (χ0v) is 10.6. The van der Waals surface area contributed by atoms with E-state index in [1.807, 2.05) is 0 Å². The van der Waals surface area contributed by atoms with Crippen LogP contribution in [0.4, 0.5) is 0 Å². The van der Waals surface area contributed by atoms with Crippen LogP contribution in [-0.4, -0.2) is 22.8 Å². The van der Waals surface area contributed by atoms with Gasteiger partial charge in [0.15, 0.2) is 5.15 Å². The smallest absolute Gasteiger partial charge is 0.288 e. The number of ether oxygens (including phenoxy) is 1. The molecule has 1 aromatic heterocycles. The third-order valence-corrected chi connectivity index (χ3v) is 2.45. The average molecular weight is 265 g/mol. The van der Waals surface area contributed by atoms with E-state index in [1.165, 1.54) is 10.8 Å². The lowest BCUT2D eigenvalue weighted by Gasteiger charge is -2.07. The van der Waals surface area contributed by atoms with Crippen LogP contribution in [0.3, 0.4) is 0 Å². The third kappa shape index (κ3) is 4.12. The van der Waals surface area contributed by atoms with Crippen molar-refractivity contribution in [2.75, 3.05) is 13.2 Å². The molecule has 4 nitrogen and oxygen atoms in total. The first kappa shape index (κ1) is 13.5. The molecule has 0 spiro atoms. The van der Waals surface area contributed by atoms with Gasteiger partial charge in [-0.2, -0.15) is 0 Å². The molecule has 0 amide bonds. The standard InChI is InChI=1S/C10H14Cl2N2O2/c1-2-3-5-16-6-4-14-7-8(11)13-9(12)10(14)15/h7H,2-6H2,1H3. The summed E-state index contributed by atoms with van der Waals surface area (Å²) in [4.78, 5) is 15.1. The lowest BCUT2D eigenvalue weighted by molar-refractivity contribution is 0.123. The van der Waals surface area contributed by atoms with Crippen LogP contribution in [0.5, 0.6) is 0 Å². The van der Waals surface area contributed by atoms with Gasteiger partial charge in [0.1, 0.15) is 5.15 Å². The molecule has 0 aliphatic heterocycles. The minimum absolute atomic E-state index is 0.110. The van der Waals surface area contributed by atoms with Gasteiger partial charge in [-0.05, 0) is 6.42 Å². The maximum atomic E-state index is 11.5. The predicted octanol–water partition coefficient (Wildman–Crippen LogP) is 2.37. The van der Waals surface area contributed by atoms with Gasteiger partial charge in [0, 0.05) is 19.3 Å². The molecule has 0 bridgehead atoms. The molecule has 1 heterocycles. The van der Waals surface area contributed by atoms with Crippen LogP contribution < -0.4 is 5.56 Å². The maximum absolute atomic E-state index is 11.5.